The van der Waals surface area contributed by atoms with Gasteiger partial charge in [-0.05, 0) is 54.7 Å². The Bertz CT molecular complexity index is 1840. The summed E-state index contributed by atoms with van der Waals surface area (Å²) in [6.07, 6.45) is 3.74. The maximum atomic E-state index is 14.9. The number of aryl methyl sites for hydroxylation is 1. The Morgan fingerprint density at radius 1 is 1.12 bits per heavy atom. The number of piperidine rings is 1. The first-order valence-electron chi connectivity index (χ1n) is 14.0. The Labute approximate surface area is 247 Å². The van der Waals surface area contributed by atoms with Crippen molar-refractivity contribution in [3.05, 3.63) is 102 Å². The van der Waals surface area contributed by atoms with E-state index in [0.29, 0.717) is 66.7 Å². The number of hydrogen-bond acceptors (Lipinski definition) is 6. The Kier molecular flexibility index (Phi) is 7.62. The van der Waals surface area contributed by atoms with Crippen LogP contribution in [0, 0.1) is 24.1 Å². The van der Waals surface area contributed by atoms with Gasteiger partial charge >= 0.3 is 6.09 Å². The second-order valence-corrected chi connectivity index (χ2v) is 10.5. The number of aromatic nitrogens is 3. The Morgan fingerprint density at radius 3 is 2.60 bits per heavy atom. The van der Waals surface area contributed by atoms with Crippen LogP contribution in [0.4, 0.5) is 15.1 Å². The number of imidazole rings is 1. The molecular weight excluding hydrogens is 547 g/mol. The average Bonchev–Trinajstić information content (AvgIpc) is 3.51. The fourth-order valence-corrected chi connectivity index (χ4v) is 5.46. The molecule has 1 aliphatic heterocycles. The minimum Gasteiger partial charge on any atom is -0.489 e. The first-order valence-corrected chi connectivity index (χ1v) is 14.0. The molecule has 1 fully saturated rings. The highest BCUT2D eigenvalue weighted by Gasteiger charge is 2.26. The SMILES string of the molecule is Cc1ccc(-c2c(-c3ccc(C#N)c(F)c3)nc(N3CCC(NC(=O)O)CC3)n3ccnc23)cc1OCc1ccccc1. The molecule has 1 aliphatic rings. The third-order valence-electron chi connectivity index (χ3n) is 7.71. The normalized spacial score (nSPS) is 13.6. The van der Waals surface area contributed by atoms with Crippen LogP contribution in [0.5, 0.6) is 5.75 Å². The van der Waals surface area contributed by atoms with Crippen LogP contribution in [0.1, 0.15) is 29.5 Å². The van der Waals surface area contributed by atoms with E-state index in [1.165, 1.54) is 12.1 Å². The van der Waals surface area contributed by atoms with Gasteiger partial charge in [-0.25, -0.2) is 19.2 Å². The lowest BCUT2D eigenvalue weighted by molar-refractivity contribution is 0.187. The van der Waals surface area contributed by atoms with Crippen LogP contribution in [-0.2, 0) is 6.61 Å². The Balaban J connectivity index is 1.46. The van der Waals surface area contributed by atoms with Crippen molar-refractivity contribution in [2.75, 3.05) is 18.0 Å². The van der Waals surface area contributed by atoms with Gasteiger partial charge in [0.15, 0.2) is 0 Å². The molecule has 3 heterocycles. The van der Waals surface area contributed by atoms with Gasteiger partial charge < -0.3 is 20.1 Å². The predicted molar refractivity (Wildman–Crippen MR) is 160 cm³/mol. The molecule has 0 bridgehead atoms. The monoisotopic (exact) mass is 576 g/mol. The molecule has 0 radical (unpaired) electrons. The molecule has 0 atom stereocenters. The summed E-state index contributed by atoms with van der Waals surface area (Å²) in [6.45, 7) is 3.54. The van der Waals surface area contributed by atoms with Crippen molar-refractivity contribution in [3.8, 4) is 34.2 Å². The quantitative estimate of drug-likeness (QED) is 0.237. The van der Waals surface area contributed by atoms with Crippen LogP contribution < -0.4 is 15.0 Å². The second-order valence-electron chi connectivity index (χ2n) is 10.5. The molecule has 216 valence electrons. The molecule has 5 aromatic rings. The summed E-state index contributed by atoms with van der Waals surface area (Å²) in [5, 5.41) is 21.0. The summed E-state index contributed by atoms with van der Waals surface area (Å²) in [5.74, 6) is 0.700. The number of nitrogens with one attached hydrogen (secondary N) is 1. The van der Waals surface area contributed by atoms with Gasteiger partial charge in [0.25, 0.3) is 0 Å². The highest BCUT2D eigenvalue weighted by atomic mass is 19.1. The molecular formula is C33H29FN6O3. The summed E-state index contributed by atoms with van der Waals surface area (Å²) in [5.41, 5.74) is 5.12. The van der Waals surface area contributed by atoms with Crippen molar-refractivity contribution < 1.29 is 19.0 Å². The van der Waals surface area contributed by atoms with Crippen LogP contribution in [0.2, 0.25) is 0 Å². The zero-order valence-corrected chi connectivity index (χ0v) is 23.5. The van der Waals surface area contributed by atoms with Crippen molar-refractivity contribution in [3.63, 3.8) is 0 Å². The zero-order valence-electron chi connectivity index (χ0n) is 23.5. The fraction of sp³-hybridized carbons (Fsp3) is 0.212. The van der Waals surface area contributed by atoms with Gasteiger partial charge in [-0.1, -0.05) is 48.5 Å². The third kappa shape index (κ3) is 5.70. The average molecular weight is 577 g/mol. The van der Waals surface area contributed by atoms with Crippen molar-refractivity contribution in [2.24, 2.45) is 0 Å². The molecule has 2 N–H and O–H groups in total. The molecule has 1 amide bonds. The van der Waals surface area contributed by atoms with Crippen LogP contribution in [-0.4, -0.2) is 44.7 Å². The van der Waals surface area contributed by atoms with E-state index in [1.807, 2.05) is 72.1 Å². The molecule has 9 nitrogen and oxygen atoms in total. The number of carbonyl (C=O) groups is 1. The number of carboxylic acid groups (broad SMARTS) is 1. The van der Waals surface area contributed by atoms with E-state index in [0.717, 1.165) is 16.7 Å². The molecule has 3 aromatic carbocycles. The van der Waals surface area contributed by atoms with Crippen LogP contribution in [0.25, 0.3) is 28.0 Å². The van der Waals surface area contributed by atoms with E-state index in [-0.39, 0.29) is 11.6 Å². The lowest BCUT2D eigenvalue weighted by Crippen LogP contribution is -2.45. The number of nitriles is 1. The molecule has 6 rings (SSSR count). The number of halogens is 1. The number of ether oxygens (including phenoxy) is 1. The summed E-state index contributed by atoms with van der Waals surface area (Å²) in [4.78, 5) is 23.0. The molecule has 0 saturated carbocycles. The highest BCUT2D eigenvalue weighted by molar-refractivity contribution is 5.91. The molecule has 0 unspecified atom stereocenters. The number of benzene rings is 3. The Hall–Kier alpha value is -5.43. The van der Waals surface area contributed by atoms with E-state index in [2.05, 4.69) is 10.2 Å². The molecule has 0 aliphatic carbocycles. The van der Waals surface area contributed by atoms with Gasteiger partial charge in [0.2, 0.25) is 5.95 Å². The van der Waals surface area contributed by atoms with Gasteiger partial charge in [0, 0.05) is 37.1 Å². The summed E-state index contributed by atoms with van der Waals surface area (Å²) in [7, 11) is 0. The molecule has 43 heavy (non-hydrogen) atoms. The van der Waals surface area contributed by atoms with Gasteiger partial charge in [0.1, 0.15) is 29.9 Å². The standard InChI is InChI=1S/C33H29FN6O3/c1-21-7-8-23(18-28(21)43-20-22-5-3-2-4-6-22)29-30(24-9-10-25(19-35)27(34)17-24)38-32(40-16-13-36-31(29)40)39-14-11-26(12-15-39)37-33(41)42/h2-10,13,16-18,26,37H,11-12,14-15,20H2,1H3,(H,41,42). The van der Waals surface area contributed by atoms with E-state index >= 15 is 0 Å². The van der Waals surface area contributed by atoms with Crippen molar-refractivity contribution in [1.29, 1.82) is 5.26 Å². The maximum absolute atomic E-state index is 14.9. The summed E-state index contributed by atoms with van der Waals surface area (Å²) >= 11 is 0. The lowest BCUT2D eigenvalue weighted by atomic mass is 9.97. The minimum atomic E-state index is -1.03. The fourth-order valence-electron chi connectivity index (χ4n) is 5.46. The number of rotatable bonds is 7. The summed E-state index contributed by atoms with van der Waals surface area (Å²) in [6, 6.07) is 22.1. The molecule has 10 heteroatoms. The van der Waals surface area contributed by atoms with Crippen LogP contribution in [0.3, 0.4) is 0 Å². The number of fused-ring (bicyclic) bond motifs is 1. The van der Waals surface area contributed by atoms with Crippen LogP contribution >= 0.6 is 0 Å². The topological polar surface area (TPSA) is 116 Å². The third-order valence-corrected chi connectivity index (χ3v) is 7.71. The van der Waals surface area contributed by atoms with Gasteiger partial charge in [0.05, 0.1) is 16.8 Å². The summed E-state index contributed by atoms with van der Waals surface area (Å²) < 4.78 is 23.1. The Morgan fingerprint density at radius 2 is 1.88 bits per heavy atom. The van der Waals surface area contributed by atoms with Gasteiger partial charge in [-0.2, -0.15) is 5.26 Å². The maximum Gasteiger partial charge on any atom is 0.404 e. The minimum absolute atomic E-state index is 0.0488. The lowest BCUT2D eigenvalue weighted by Gasteiger charge is -2.33. The first kappa shape index (κ1) is 27.7. The van der Waals surface area contributed by atoms with Crippen molar-refractivity contribution in [1.82, 2.24) is 19.7 Å². The molecule has 0 spiro atoms. The predicted octanol–water partition coefficient (Wildman–Crippen LogP) is 6.20. The zero-order chi connectivity index (χ0) is 29.9. The number of hydrogen-bond donors (Lipinski definition) is 2. The van der Waals surface area contributed by atoms with E-state index in [1.54, 1.807) is 12.3 Å². The van der Waals surface area contributed by atoms with Crippen molar-refractivity contribution >= 4 is 17.7 Å². The number of nitrogens with zero attached hydrogens (tertiary/aromatic N) is 5. The largest absolute Gasteiger partial charge is 0.489 e. The van der Waals surface area contributed by atoms with Gasteiger partial charge in [-0.3, -0.25) is 4.40 Å². The van der Waals surface area contributed by atoms with E-state index in [4.69, 9.17) is 19.8 Å². The molecule has 2 aromatic heterocycles. The number of anilines is 1. The van der Waals surface area contributed by atoms with E-state index in [9.17, 15) is 14.4 Å². The number of amides is 1. The van der Waals surface area contributed by atoms with Gasteiger partial charge in [-0.15, -0.1) is 0 Å². The van der Waals surface area contributed by atoms with Crippen LogP contribution in [0.15, 0.2) is 79.1 Å². The first-order chi connectivity index (χ1) is 20.9. The highest BCUT2D eigenvalue weighted by Crippen LogP contribution is 2.39. The smallest absolute Gasteiger partial charge is 0.404 e. The molecule has 1 saturated heterocycles. The van der Waals surface area contributed by atoms with Crippen molar-refractivity contribution in [2.45, 2.75) is 32.4 Å². The van der Waals surface area contributed by atoms with E-state index < -0.39 is 11.9 Å². The second kappa shape index (κ2) is 11.8.